The molecule has 31 heavy (non-hydrogen) atoms. The Morgan fingerprint density at radius 3 is 2.81 bits per heavy atom. The number of aryl methyl sites for hydroxylation is 1. The molecule has 1 aliphatic heterocycles. The third-order valence-electron chi connectivity index (χ3n) is 4.78. The molecule has 1 fully saturated rings. The van der Waals surface area contributed by atoms with Crippen LogP contribution < -0.4 is 5.32 Å². The summed E-state index contributed by atoms with van der Waals surface area (Å²) in [5, 5.41) is 23.8. The van der Waals surface area contributed by atoms with E-state index in [2.05, 4.69) is 15.3 Å². The molecule has 0 saturated carbocycles. The number of carbonyl (C=O) groups excluding carboxylic acids is 1. The summed E-state index contributed by atoms with van der Waals surface area (Å²) < 4.78 is 41.5. The van der Waals surface area contributed by atoms with E-state index in [1.807, 2.05) is 0 Å². The quantitative estimate of drug-likeness (QED) is 0.506. The van der Waals surface area contributed by atoms with E-state index in [0.717, 1.165) is 11.3 Å². The van der Waals surface area contributed by atoms with E-state index in [9.17, 15) is 28.2 Å². The predicted molar refractivity (Wildman–Crippen MR) is 109 cm³/mol. The van der Waals surface area contributed by atoms with Gasteiger partial charge in [0.2, 0.25) is 5.82 Å². The third-order valence-corrected chi connectivity index (χ3v) is 6.84. The smallest absolute Gasteiger partial charge is 0.317 e. The lowest BCUT2D eigenvalue weighted by Crippen LogP contribution is -2.38. The number of amides is 2. The second-order valence-corrected chi connectivity index (χ2v) is 8.93. The summed E-state index contributed by atoms with van der Waals surface area (Å²) >= 11 is 2.29. The Balaban J connectivity index is 1.51. The number of nitrogens with one attached hydrogen (secondary N) is 1. The second-order valence-electron chi connectivity index (χ2n) is 6.99. The van der Waals surface area contributed by atoms with Crippen molar-refractivity contribution < 1.29 is 28.2 Å². The van der Waals surface area contributed by atoms with Gasteiger partial charge in [0.15, 0.2) is 17.4 Å². The van der Waals surface area contributed by atoms with Gasteiger partial charge in [0.1, 0.15) is 10.0 Å². The zero-order valence-electron chi connectivity index (χ0n) is 16.2. The molecule has 0 bridgehead atoms. The van der Waals surface area contributed by atoms with Crippen LogP contribution in [0, 0.1) is 24.4 Å². The first-order chi connectivity index (χ1) is 14.7. The maximum absolute atomic E-state index is 14.1. The van der Waals surface area contributed by atoms with Crippen molar-refractivity contribution in [1.82, 2.24) is 20.2 Å². The van der Waals surface area contributed by atoms with Crippen LogP contribution in [0.5, 0.6) is 5.75 Å². The normalized spacial score (nSPS) is 16.2. The number of benzene rings is 1. The number of urea groups is 1. The van der Waals surface area contributed by atoms with E-state index in [-0.39, 0.29) is 23.1 Å². The highest BCUT2D eigenvalue weighted by molar-refractivity contribution is 7.16. The highest BCUT2D eigenvalue weighted by atomic mass is 32.1. The van der Waals surface area contributed by atoms with Crippen molar-refractivity contribution in [2.45, 2.75) is 26.0 Å². The number of rotatable bonds is 4. The molecule has 164 valence electrons. The minimum atomic E-state index is -1.66. The van der Waals surface area contributed by atoms with Crippen LogP contribution in [-0.4, -0.2) is 50.3 Å². The number of carbonyl (C=O) groups is 1. The summed E-state index contributed by atoms with van der Waals surface area (Å²) in [6.07, 6.45) is 0.0499. The van der Waals surface area contributed by atoms with Gasteiger partial charge in [-0.25, -0.2) is 23.5 Å². The van der Waals surface area contributed by atoms with Gasteiger partial charge in [-0.2, -0.15) is 4.39 Å². The number of likely N-dealkylation sites (tertiary alicyclic amines) is 1. The van der Waals surface area contributed by atoms with Crippen LogP contribution in [0.3, 0.4) is 0 Å². The molecule has 1 atom stereocenters. The van der Waals surface area contributed by atoms with Crippen LogP contribution in [-0.2, 0) is 6.54 Å². The molecular weight excluding hydrogens is 453 g/mol. The van der Waals surface area contributed by atoms with Crippen LogP contribution in [0.1, 0.15) is 17.1 Å². The molecule has 1 saturated heterocycles. The predicted octanol–water partition coefficient (Wildman–Crippen LogP) is 3.64. The van der Waals surface area contributed by atoms with Crippen molar-refractivity contribution in [2.24, 2.45) is 0 Å². The Kier molecular flexibility index (Phi) is 5.86. The minimum Gasteiger partial charge on any atom is -0.503 e. The highest BCUT2D eigenvalue weighted by Gasteiger charge is 2.25. The van der Waals surface area contributed by atoms with Crippen LogP contribution in [0.25, 0.3) is 21.1 Å². The number of aromatic nitrogens is 2. The van der Waals surface area contributed by atoms with Crippen LogP contribution in [0.15, 0.2) is 11.4 Å². The summed E-state index contributed by atoms with van der Waals surface area (Å²) in [6, 6.07) is 0.417. The standard InChI is InChI=1S/C19H17F3N4O3S2/c1-8-17(31-13(24-8)5-23-19(29)26-3-2-9(27)6-26)12-7-30-18(25-12)10-4-11(20)16(28)15(22)14(10)21/h4,7,9,27-28H,2-3,5-6H2,1H3,(H,23,29). The first-order valence-electron chi connectivity index (χ1n) is 9.24. The Morgan fingerprint density at radius 2 is 2.10 bits per heavy atom. The number of halogens is 3. The molecule has 0 spiro atoms. The first kappa shape index (κ1) is 21.5. The Labute approximate surface area is 182 Å². The van der Waals surface area contributed by atoms with E-state index in [1.165, 1.54) is 16.2 Å². The minimum absolute atomic E-state index is 0.0561. The number of phenols is 1. The van der Waals surface area contributed by atoms with E-state index in [1.54, 1.807) is 12.3 Å². The van der Waals surface area contributed by atoms with Gasteiger partial charge in [0.05, 0.1) is 34.5 Å². The molecule has 4 rings (SSSR count). The van der Waals surface area contributed by atoms with Crippen molar-refractivity contribution >= 4 is 28.7 Å². The summed E-state index contributed by atoms with van der Waals surface area (Å²) in [5.74, 6) is -5.69. The van der Waals surface area contributed by atoms with Gasteiger partial charge in [0, 0.05) is 18.5 Å². The number of phenolic OH excluding ortho intramolecular Hbond substituents is 1. The summed E-state index contributed by atoms with van der Waals surface area (Å²) in [5.41, 5.74) is 0.723. The van der Waals surface area contributed by atoms with Crippen molar-refractivity contribution in [2.75, 3.05) is 13.1 Å². The molecular formula is C19H17F3N4O3S2. The molecule has 2 aromatic heterocycles. The van der Waals surface area contributed by atoms with Crippen molar-refractivity contribution in [3.8, 4) is 26.9 Å². The van der Waals surface area contributed by atoms with Gasteiger partial charge >= 0.3 is 6.03 Å². The number of β-amino-alcohol motifs (C(OH)–C–C–N with tert-alkyl or cyclic N) is 1. The van der Waals surface area contributed by atoms with Crippen LogP contribution in [0.4, 0.5) is 18.0 Å². The van der Waals surface area contributed by atoms with Gasteiger partial charge < -0.3 is 20.4 Å². The number of thiazole rings is 2. The van der Waals surface area contributed by atoms with Crippen LogP contribution in [0.2, 0.25) is 0 Å². The summed E-state index contributed by atoms with van der Waals surface area (Å²) in [4.78, 5) is 23.1. The van der Waals surface area contributed by atoms with Crippen molar-refractivity contribution in [3.63, 3.8) is 0 Å². The lowest BCUT2D eigenvalue weighted by Gasteiger charge is -2.15. The average molecular weight is 470 g/mol. The second kappa shape index (κ2) is 8.44. The van der Waals surface area contributed by atoms with Gasteiger partial charge in [-0.05, 0) is 19.4 Å². The number of aromatic hydroxyl groups is 1. The lowest BCUT2D eigenvalue weighted by atomic mass is 10.2. The number of hydrogen-bond donors (Lipinski definition) is 3. The van der Waals surface area contributed by atoms with E-state index in [4.69, 9.17) is 0 Å². The van der Waals surface area contributed by atoms with E-state index >= 15 is 0 Å². The van der Waals surface area contributed by atoms with Crippen molar-refractivity contribution in [3.05, 3.63) is 39.6 Å². The molecule has 3 heterocycles. The lowest BCUT2D eigenvalue weighted by molar-refractivity contribution is 0.171. The third kappa shape index (κ3) is 4.23. The van der Waals surface area contributed by atoms with E-state index in [0.29, 0.717) is 46.8 Å². The number of nitrogens with zero attached hydrogens (tertiary/aromatic N) is 3. The molecule has 3 aromatic rings. The zero-order valence-corrected chi connectivity index (χ0v) is 17.8. The molecule has 12 heteroatoms. The van der Waals surface area contributed by atoms with Gasteiger partial charge in [0.25, 0.3) is 0 Å². The fourth-order valence-corrected chi connectivity index (χ4v) is 5.06. The molecule has 3 N–H and O–H groups in total. The monoisotopic (exact) mass is 470 g/mol. The number of hydrogen-bond acceptors (Lipinski definition) is 7. The fourth-order valence-electron chi connectivity index (χ4n) is 3.20. The van der Waals surface area contributed by atoms with Gasteiger partial charge in [-0.1, -0.05) is 0 Å². The molecule has 0 radical (unpaired) electrons. The number of aliphatic hydroxyl groups is 1. The van der Waals surface area contributed by atoms with Gasteiger partial charge in [-0.3, -0.25) is 0 Å². The molecule has 1 unspecified atom stereocenters. The largest absolute Gasteiger partial charge is 0.503 e. The number of aliphatic hydroxyl groups excluding tert-OH is 1. The molecule has 0 aliphatic carbocycles. The van der Waals surface area contributed by atoms with Crippen LogP contribution >= 0.6 is 22.7 Å². The zero-order chi connectivity index (χ0) is 22.3. The van der Waals surface area contributed by atoms with E-state index < -0.39 is 29.3 Å². The maximum atomic E-state index is 14.1. The Bertz CT molecular complexity index is 1150. The Hall–Kier alpha value is -2.70. The summed E-state index contributed by atoms with van der Waals surface area (Å²) in [6.45, 7) is 2.74. The molecule has 1 aliphatic rings. The average Bonchev–Trinajstić information content (AvgIpc) is 3.47. The molecule has 7 nitrogen and oxygen atoms in total. The van der Waals surface area contributed by atoms with Crippen molar-refractivity contribution in [1.29, 1.82) is 0 Å². The first-order valence-corrected chi connectivity index (χ1v) is 10.9. The topological polar surface area (TPSA) is 98.6 Å². The Morgan fingerprint density at radius 1 is 1.32 bits per heavy atom. The SMILES string of the molecule is Cc1nc(CNC(=O)N2CCC(O)C2)sc1-c1csc(-c2cc(F)c(O)c(F)c2F)n1. The fraction of sp³-hybridized carbons (Fsp3) is 0.316. The molecule has 1 aromatic carbocycles. The highest BCUT2D eigenvalue weighted by Crippen LogP contribution is 2.37. The van der Waals surface area contributed by atoms with Gasteiger partial charge in [-0.15, -0.1) is 22.7 Å². The summed E-state index contributed by atoms with van der Waals surface area (Å²) in [7, 11) is 0. The molecule has 2 amide bonds. The maximum Gasteiger partial charge on any atom is 0.317 e.